The number of hydrogen-bond donors (Lipinski definition) is 1. The van der Waals surface area contributed by atoms with Crippen LogP contribution >= 0.6 is 0 Å². The maximum atomic E-state index is 5.04. The molecular formula is C15H25N3O. The third-order valence-electron chi connectivity index (χ3n) is 3.70. The monoisotopic (exact) mass is 263 g/mol. The van der Waals surface area contributed by atoms with Crippen molar-refractivity contribution in [1.82, 2.24) is 15.3 Å². The summed E-state index contributed by atoms with van der Waals surface area (Å²) in [7, 11) is 1.74. The van der Waals surface area contributed by atoms with Gasteiger partial charge >= 0.3 is 0 Å². The third kappa shape index (κ3) is 3.98. The van der Waals surface area contributed by atoms with E-state index in [1.807, 2.05) is 6.20 Å². The summed E-state index contributed by atoms with van der Waals surface area (Å²) in [6.45, 7) is 7.07. The molecule has 0 fully saturated rings. The van der Waals surface area contributed by atoms with Crippen LogP contribution in [0.3, 0.4) is 0 Å². The van der Waals surface area contributed by atoms with Gasteiger partial charge in [0.2, 0.25) is 0 Å². The molecule has 1 aliphatic rings. The summed E-state index contributed by atoms with van der Waals surface area (Å²) < 4.78 is 5.04. The fourth-order valence-corrected chi connectivity index (χ4v) is 2.53. The summed E-state index contributed by atoms with van der Waals surface area (Å²) in [6.07, 6.45) is 5.46. The van der Waals surface area contributed by atoms with Crippen molar-refractivity contribution >= 4 is 0 Å². The van der Waals surface area contributed by atoms with Gasteiger partial charge in [0.25, 0.3) is 0 Å². The molecule has 0 aliphatic heterocycles. The third-order valence-corrected chi connectivity index (χ3v) is 3.70. The Morgan fingerprint density at radius 2 is 2.32 bits per heavy atom. The molecule has 4 heteroatoms. The van der Waals surface area contributed by atoms with Crippen LogP contribution < -0.4 is 5.32 Å². The molecule has 2 rings (SSSR count). The van der Waals surface area contributed by atoms with E-state index < -0.39 is 0 Å². The molecule has 0 saturated carbocycles. The first-order chi connectivity index (χ1) is 9.20. The average molecular weight is 263 g/mol. The van der Waals surface area contributed by atoms with E-state index in [-0.39, 0.29) is 0 Å². The van der Waals surface area contributed by atoms with Gasteiger partial charge in [-0.15, -0.1) is 0 Å². The number of hydrogen-bond acceptors (Lipinski definition) is 4. The van der Waals surface area contributed by atoms with Gasteiger partial charge < -0.3 is 10.1 Å². The lowest BCUT2D eigenvalue weighted by Gasteiger charge is -2.24. The van der Waals surface area contributed by atoms with Crippen molar-refractivity contribution < 1.29 is 4.74 Å². The number of ether oxygens (including phenoxy) is 1. The Morgan fingerprint density at radius 1 is 1.47 bits per heavy atom. The number of nitrogens with zero attached hydrogens (tertiary/aromatic N) is 2. The minimum absolute atomic E-state index is 0.415. The van der Waals surface area contributed by atoms with Gasteiger partial charge in [-0.1, -0.05) is 13.8 Å². The molecule has 0 saturated heterocycles. The Morgan fingerprint density at radius 3 is 3.05 bits per heavy atom. The van der Waals surface area contributed by atoms with Crippen LogP contribution in [0, 0.1) is 5.92 Å². The van der Waals surface area contributed by atoms with Gasteiger partial charge in [-0.3, -0.25) is 0 Å². The Balaban J connectivity index is 1.89. The second kappa shape index (κ2) is 6.96. The minimum atomic E-state index is 0.415. The van der Waals surface area contributed by atoms with Gasteiger partial charge in [0, 0.05) is 31.5 Å². The number of aromatic nitrogens is 2. The molecule has 1 aromatic rings. The van der Waals surface area contributed by atoms with Crippen LogP contribution in [-0.2, 0) is 17.6 Å². The molecular weight excluding hydrogens is 238 g/mol. The molecule has 1 heterocycles. The summed E-state index contributed by atoms with van der Waals surface area (Å²) in [4.78, 5) is 9.19. The van der Waals surface area contributed by atoms with E-state index in [0.29, 0.717) is 11.8 Å². The van der Waals surface area contributed by atoms with Crippen molar-refractivity contribution in [3.8, 4) is 0 Å². The zero-order valence-electron chi connectivity index (χ0n) is 12.3. The van der Waals surface area contributed by atoms with Crippen LogP contribution in [-0.4, -0.2) is 36.8 Å². The quantitative estimate of drug-likeness (QED) is 0.797. The van der Waals surface area contributed by atoms with E-state index in [2.05, 4.69) is 24.1 Å². The van der Waals surface area contributed by atoms with E-state index >= 15 is 0 Å². The van der Waals surface area contributed by atoms with E-state index in [0.717, 1.165) is 38.4 Å². The van der Waals surface area contributed by atoms with Crippen molar-refractivity contribution in [3.05, 3.63) is 23.3 Å². The Labute approximate surface area is 116 Å². The maximum absolute atomic E-state index is 5.04. The number of nitrogens with one attached hydrogen (secondary N) is 1. The first-order valence-corrected chi connectivity index (χ1v) is 7.25. The van der Waals surface area contributed by atoms with E-state index in [1.54, 1.807) is 7.11 Å². The van der Waals surface area contributed by atoms with Crippen LogP contribution in [0.5, 0.6) is 0 Å². The molecule has 4 nitrogen and oxygen atoms in total. The van der Waals surface area contributed by atoms with Gasteiger partial charge in [0.1, 0.15) is 5.82 Å². The standard InChI is InChI=1S/C15H25N3O/c1-11(2)15-17-10-13-8-12(4-5-14(13)18-15)9-16-6-7-19-3/h10-12,16H,4-9H2,1-3H3. The lowest BCUT2D eigenvalue weighted by atomic mass is 9.87. The highest BCUT2D eigenvalue weighted by molar-refractivity contribution is 5.22. The molecule has 1 N–H and O–H groups in total. The lowest BCUT2D eigenvalue weighted by molar-refractivity contribution is 0.197. The topological polar surface area (TPSA) is 47.0 Å². The number of aryl methyl sites for hydroxylation is 1. The summed E-state index contributed by atoms with van der Waals surface area (Å²) in [5.74, 6) is 2.10. The Hall–Kier alpha value is -1.00. The molecule has 106 valence electrons. The molecule has 0 bridgehead atoms. The Bertz CT molecular complexity index is 406. The van der Waals surface area contributed by atoms with Crippen LogP contribution in [0.2, 0.25) is 0 Å². The highest BCUT2D eigenvalue weighted by atomic mass is 16.5. The van der Waals surface area contributed by atoms with Gasteiger partial charge in [-0.25, -0.2) is 9.97 Å². The maximum Gasteiger partial charge on any atom is 0.131 e. The van der Waals surface area contributed by atoms with Crippen molar-refractivity contribution in [2.75, 3.05) is 26.8 Å². The van der Waals surface area contributed by atoms with E-state index in [4.69, 9.17) is 9.72 Å². The summed E-state index contributed by atoms with van der Waals surface area (Å²) in [5, 5.41) is 3.45. The van der Waals surface area contributed by atoms with Crippen LogP contribution in [0.1, 0.15) is 43.3 Å². The van der Waals surface area contributed by atoms with Crippen molar-refractivity contribution in [1.29, 1.82) is 0 Å². The summed E-state index contributed by atoms with van der Waals surface area (Å²) >= 11 is 0. The fourth-order valence-electron chi connectivity index (χ4n) is 2.53. The van der Waals surface area contributed by atoms with E-state index in [1.165, 1.54) is 17.7 Å². The second-order valence-electron chi connectivity index (χ2n) is 5.66. The zero-order valence-corrected chi connectivity index (χ0v) is 12.3. The molecule has 0 radical (unpaired) electrons. The summed E-state index contributed by atoms with van der Waals surface area (Å²) in [6, 6.07) is 0. The highest BCUT2D eigenvalue weighted by Crippen LogP contribution is 2.24. The predicted molar refractivity (Wildman–Crippen MR) is 76.4 cm³/mol. The molecule has 0 aromatic carbocycles. The number of fused-ring (bicyclic) bond motifs is 1. The lowest BCUT2D eigenvalue weighted by Crippen LogP contribution is -2.30. The zero-order chi connectivity index (χ0) is 13.7. The normalized spacial score (nSPS) is 18.6. The van der Waals surface area contributed by atoms with Gasteiger partial charge in [-0.2, -0.15) is 0 Å². The fraction of sp³-hybridized carbons (Fsp3) is 0.733. The van der Waals surface area contributed by atoms with Crippen molar-refractivity contribution in [2.45, 2.75) is 39.0 Å². The molecule has 1 aliphatic carbocycles. The number of rotatable bonds is 6. The van der Waals surface area contributed by atoms with Crippen molar-refractivity contribution in [3.63, 3.8) is 0 Å². The van der Waals surface area contributed by atoms with Crippen molar-refractivity contribution in [2.24, 2.45) is 5.92 Å². The molecule has 0 spiro atoms. The average Bonchev–Trinajstić information content (AvgIpc) is 2.43. The first kappa shape index (κ1) is 14.4. The van der Waals surface area contributed by atoms with Gasteiger partial charge in [0.05, 0.1) is 6.61 Å². The van der Waals surface area contributed by atoms with E-state index in [9.17, 15) is 0 Å². The second-order valence-corrected chi connectivity index (χ2v) is 5.66. The highest BCUT2D eigenvalue weighted by Gasteiger charge is 2.20. The Kier molecular flexibility index (Phi) is 5.28. The van der Waals surface area contributed by atoms with Crippen LogP contribution in [0.4, 0.5) is 0 Å². The van der Waals surface area contributed by atoms with Gasteiger partial charge in [-0.05, 0) is 37.3 Å². The SMILES string of the molecule is COCCNCC1CCc2nc(C(C)C)ncc2C1. The molecule has 1 unspecified atom stereocenters. The molecule has 1 aromatic heterocycles. The van der Waals surface area contributed by atoms with Crippen LogP contribution in [0.15, 0.2) is 6.20 Å². The largest absolute Gasteiger partial charge is 0.383 e. The molecule has 1 atom stereocenters. The van der Waals surface area contributed by atoms with Crippen LogP contribution in [0.25, 0.3) is 0 Å². The predicted octanol–water partition coefficient (Wildman–Crippen LogP) is 1.94. The minimum Gasteiger partial charge on any atom is -0.383 e. The number of methoxy groups -OCH3 is 1. The first-order valence-electron chi connectivity index (χ1n) is 7.25. The molecule has 19 heavy (non-hydrogen) atoms. The smallest absolute Gasteiger partial charge is 0.131 e. The summed E-state index contributed by atoms with van der Waals surface area (Å²) in [5.41, 5.74) is 2.61. The van der Waals surface area contributed by atoms with Gasteiger partial charge in [0.15, 0.2) is 0 Å². The molecule has 0 amide bonds.